The van der Waals surface area contributed by atoms with Crippen LogP contribution in [0.1, 0.15) is 101 Å². The lowest BCUT2D eigenvalue weighted by atomic mass is 9.80. The number of hydrogen-bond donors (Lipinski definition) is 0. The quantitative estimate of drug-likeness (QED) is 0.155. The van der Waals surface area contributed by atoms with Gasteiger partial charge in [-0.05, 0) is 165 Å². The number of rotatable bonds is 6. The third-order valence-electron chi connectivity index (χ3n) is 12.7. The molecule has 0 N–H and O–H groups in total. The van der Waals surface area contributed by atoms with E-state index in [1.54, 1.807) is 0 Å². The van der Waals surface area contributed by atoms with Gasteiger partial charge in [-0.1, -0.05) is 141 Å². The zero-order chi connectivity index (χ0) is 42.9. The van der Waals surface area contributed by atoms with Crippen molar-refractivity contribution in [3.8, 4) is 0 Å². The molecule has 0 atom stereocenters. The van der Waals surface area contributed by atoms with Gasteiger partial charge in [0.25, 0.3) is 0 Å². The van der Waals surface area contributed by atoms with Crippen molar-refractivity contribution in [2.45, 2.75) is 106 Å². The Morgan fingerprint density at radius 2 is 0.667 bits per heavy atom. The van der Waals surface area contributed by atoms with E-state index in [0.717, 1.165) is 17.1 Å². The predicted molar refractivity (Wildman–Crippen MR) is 263 cm³/mol. The molecule has 0 bridgehead atoms. The highest BCUT2D eigenvalue weighted by Gasteiger charge is 2.27. The van der Waals surface area contributed by atoms with Crippen molar-refractivity contribution >= 4 is 66.4 Å². The first kappa shape index (κ1) is 40.9. The monoisotopic (exact) mass is 786 g/mol. The second-order valence-corrected chi connectivity index (χ2v) is 20.3. The van der Waals surface area contributed by atoms with Gasteiger partial charge in [0.05, 0.1) is 11.4 Å². The van der Waals surface area contributed by atoms with Crippen molar-refractivity contribution in [2.75, 3.05) is 9.80 Å². The van der Waals surface area contributed by atoms with Crippen LogP contribution in [0.25, 0.3) is 32.3 Å². The first-order chi connectivity index (χ1) is 28.3. The second kappa shape index (κ2) is 15.0. The standard InChI is InChI=1S/C58H62N2/c1-37-25-27-45(29-39(37)3)59(44-20-18-19-41(32-44)56(5,6)7)54-35-52-49-22-15-17-24-51(49)55(36-53(52)48-21-14-16-23-50(48)54)60(46-28-26-38(2)40(4)30-46)47-33-42(57(8,9)10)31-43(34-47)58(11,12)13/h14-36H,1-13H3. The fraction of sp³-hybridized carbons (Fsp3) is 0.276. The Labute approximate surface area is 359 Å². The Morgan fingerprint density at radius 3 is 1.08 bits per heavy atom. The molecular formula is C58H62N2. The number of nitrogens with zero attached hydrogens (tertiary/aromatic N) is 2. The predicted octanol–water partition coefficient (Wildman–Crippen LogP) is 17.2. The van der Waals surface area contributed by atoms with E-state index in [4.69, 9.17) is 0 Å². The summed E-state index contributed by atoms with van der Waals surface area (Å²) in [5.74, 6) is 0. The molecule has 0 spiro atoms. The van der Waals surface area contributed by atoms with Crippen molar-refractivity contribution in [3.05, 3.63) is 178 Å². The summed E-state index contributed by atoms with van der Waals surface area (Å²) in [7, 11) is 0. The van der Waals surface area contributed by atoms with Gasteiger partial charge in [0.1, 0.15) is 0 Å². The van der Waals surface area contributed by atoms with Crippen LogP contribution in [0, 0.1) is 27.7 Å². The molecule has 0 radical (unpaired) electrons. The average Bonchev–Trinajstić information content (AvgIpc) is 3.20. The van der Waals surface area contributed by atoms with E-state index in [0.29, 0.717) is 0 Å². The zero-order valence-electron chi connectivity index (χ0n) is 38.2. The van der Waals surface area contributed by atoms with Crippen molar-refractivity contribution in [1.29, 1.82) is 0 Å². The topological polar surface area (TPSA) is 6.48 Å². The van der Waals surface area contributed by atoms with Crippen LogP contribution < -0.4 is 9.80 Å². The van der Waals surface area contributed by atoms with Gasteiger partial charge < -0.3 is 9.80 Å². The Morgan fingerprint density at radius 1 is 0.283 bits per heavy atom. The third kappa shape index (κ3) is 7.58. The summed E-state index contributed by atoms with van der Waals surface area (Å²) < 4.78 is 0. The molecule has 8 aromatic carbocycles. The van der Waals surface area contributed by atoms with Crippen molar-refractivity contribution in [1.82, 2.24) is 0 Å². The summed E-state index contributed by atoms with van der Waals surface area (Å²) in [6.07, 6.45) is 0. The molecule has 0 aliphatic rings. The molecule has 0 saturated heterocycles. The molecule has 0 saturated carbocycles. The molecule has 0 aromatic heterocycles. The summed E-state index contributed by atoms with van der Waals surface area (Å²) in [5, 5.41) is 7.38. The second-order valence-electron chi connectivity index (χ2n) is 20.3. The van der Waals surface area contributed by atoms with Gasteiger partial charge in [0, 0.05) is 33.5 Å². The van der Waals surface area contributed by atoms with Gasteiger partial charge in [0.2, 0.25) is 0 Å². The molecule has 8 aromatic rings. The number of hydrogen-bond acceptors (Lipinski definition) is 2. The van der Waals surface area contributed by atoms with Crippen molar-refractivity contribution in [2.24, 2.45) is 0 Å². The molecule has 8 rings (SSSR count). The van der Waals surface area contributed by atoms with Crippen LogP contribution >= 0.6 is 0 Å². The van der Waals surface area contributed by atoms with Gasteiger partial charge in [-0.15, -0.1) is 0 Å². The highest BCUT2D eigenvalue weighted by atomic mass is 15.2. The smallest absolute Gasteiger partial charge is 0.0546 e. The van der Waals surface area contributed by atoms with E-state index >= 15 is 0 Å². The number of benzene rings is 8. The molecule has 0 aliphatic carbocycles. The summed E-state index contributed by atoms with van der Waals surface area (Å²) in [5.41, 5.74) is 16.1. The van der Waals surface area contributed by atoms with Crippen LogP contribution in [0.3, 0.4) is 0 Å². The molecule has 2 heteroatoms. The van der Waals surface area contributed by atoms with Gasteiger partial charge in [-0.2, -0.15) is 0 Å². The summed E-state index contributed by atoms with van der Waals surface area (Å²) in [6.45, 7) is 29.7. The fourth-order valence-electron chi connectivity index (χ4n) is 8.58. The largest absolute Gasteiger partial charge is 0.310 e. The Bertz CT molecular complexity index is 2890. The number of fused-ring (bicyclic) bond motifs is 5. The maximum atomic E-state index is 2.53. The number of anilines is 6. The maximum absolute atomic E-state index is 2.53. The van der Waals surface area contributed by atoms with Crippen LogP contribution in [0.5, 0.6) is 0 Å². The molecule has 0 amide bonds. The Hall–Kier alpha value is -5.86. The van der Waals surface area contributed by atoms with E-state index in [1.807, 2.05) is 0 Å². The summed E-state index contributed by atoms with van der Waals surface area (Å²) in [4.78, 5) is 5.01. The minimum atomic E-state index is -0.0306. The van der Waals surface area contributed by atoms with Crippen LogP contribution in [0.4, 0.5) is 34.1 Å². The first-order valence-corrected chi connectivity index (χ1v) is 21.7. The van der Waals surface area contributed by atoms with Gasteiger partial charge in [-0.25, -0.2) is 0 Å². The van der Waals surface area contributed by atoms with Crippen molar-refractivity contribution in [3.63, 3.8) is 0 Å². The van der Waals surface area contributed by atoms with E-state index in [9.17, 15) is 0 Å². The van der Waals surface area contributed by atoms with E-state index in [2.05, 4.69) is 239 Å². The fourth-order valence-corrected chi connectivity index (χ4v) is 8.58. The van der Waals surface area contributed by atoms with E-state index < -0.39 is 0 Å². The molecule has 0 aliphatic heterocycles. The SMILES string of the molecule is Cc1ccc(N(c2cccc(C(C)(C)C)c2)c2cc3c4ccccc4c(N(c4cc(C(C)(C)C)cc(C(C)(C)C)c4)c4ccc(C)c(C)c4)cc3c3ccccc23)cc1C. The normalized spacial score (nSPS) is 12.4. The van der Waals surface area contributed by atoms with Crippen LogP contribution in [0.2, 0.25) is 0 Å². The van der Waals surface area contributed by atoms with Gasteiger partial charge in [0.15, 0.2) is 0 Å². The van der Waals surface area contributed by atoms with Crippen LogP contribution in [-0.4, -0.2) is 0 Å². The molecule has 2 nitrogen and oxygen atoms in total. The lowest BCUT2D eigenvalue weighted by Gasteiger charge is -2.33. The highest BCUT2D eigenvalue weighted by Crippen LogP contribution is 2.49. The van der Waals surface area contributed by atoms with Crippen LogP contribution in [-0.2, 0) is 16.2 Å². The molecule has 0 fully saturated rings. The summed E-state index contributed by atoms with van der Waals surface area (Å²) >= 11 is 0. The highest BCUT2D eigenvalue weighted by molar-refractivity contribution is 6.24. The average molecular weight is 787 g/mol. The van der Waals surface area contributed by atoms with Crippen LogP contribution in [0.15, 0.2) is 140 Å². The molecule has 0 unspecified atom stereocenters. The molecular weight excluding hydrogens is 725 g/mol. The van der Waals surface area contributed by atoms with Crippen molar-refractivity contribution < 1.29 is 0 Å². The third-order valence-corrected chi connectivity index (χ3v) is 12.7. The van der Waals surface area contributed by atoms with E-state index in [-0.39, 0.29) is 16.2 Å². The van der Waals surface area contributed by atoms with Gasteiger partial charge in [-0.3, -0.25) is 0 Å². The van der Waals surface area contributed by atoms with E-state index in [1.165, 1.54) is 88.3 Å². The molecule has 0 heterocycles. The minimum Gasteiger partial charge on any atom is -0.310 e. The molecule has 60 heavy (non-hydrogen) atoms. The first-order valence-electron chi connectivity index (χ1n) is 21.7. The molecule has 304 valence electrons. The Balaban J connectivity index is 1.48. The van der Waals surface area contributed by atoms with Gasteiger partial charge >= 0.3 is 0 Å². The lowest BCUT2D eigenvalue weighted by molar-refractivity contribution is 0.569. The number of aryl methyl sites for hydroxylation is 4. The summed E-state index contributed by atoms with van der Waals surface area (Å²) in [6, 6.07) is 53.2. The zero-order valence-corrected chi connectivity index (χ0v) is 38.2. The lowest BCUT2D eigenvalue weighted by Crippen LogP contribution is -2.19. The Kier molecular flexibility index (Phi) is 10.2. The minimum absolute atomic E-state index is 0.00480. The maximum Gasteiger partial charge on any atom is 0.0546 e.